The predicted octanol–water partition coefficient (Wildman–Crippen LogP) is 4.94. The molecule has 0 aliphatic carbocycles. The summed E-state index contributed by atoms with van der Waals surface area (Å²) in [6.07, 6.45) is 0.0440. The number of ether oxygens (including phenoxy) is 2. The first-order valence-electron chi connectivity index (χ1n) is 13.0. The Morgan fingerprint density at radius 3 is 2.39 bits per heavy atom. The lowest BCUT2D eigenvalue weighted by Crippen LogP contribution is -2.34. The highest BCUT2D eigenvalue weighted by molar-refractivity contribution is 7.99. The van der Waals surface area contributed by atoms with Crippen LogP contribution in [-0.4, -0.2) is 47.0 Å². The van der Waals surface area contributed by atoms with Crippen molar-refractivity contribution in [2.75, 3.05) is 24.7 Å². The van der Waals surface area contributed by atoms with Gasteiger partial charge in [0.25, 0.3) is 0 Å². The van der Waals surface area contributed by atoms with E-state index in [0.29, 0.717) is 18.8 Å². The van der Waals surface area contributed by atoms with E-state index < -0.39 is 6.29 Å². The zero-order valence-electron chi connectivity index (χ0n) is 21.6. The van der Waals surface area contributed by atoms with Crippen LogP contribution in [0.15, 0.2) is 72.8 Å². The van der Waals surface area contributed by atoms with Gasteiger partial charge in [-0.25, -0.2) is 4.79 Å². The zero-order chi connectivity index (χ0) is 26.7. The Labute approximate surface area is 228 Å². The molecule has 1 heterocycles. The highest BCUT2D eigenvalue weighted by Gasteiger charge is 2.32. The molecular formula is C30H36N2O5S. The van der Waals surface area contributed by atoms with Gasteiger partial charge in [-0.3, -0.25) is 0 Å². The van der Waals surface area contributed by atoms with E-state index in [1.165, 1.54) is 0 Å². The Balaban J connectivity index is 1.51. The number of amides is 2. The van der Waals surface area contributed by atoms with Crippen LogP contribution in [-0.2, 0) is 22.6 Å². The third-order valence-corrected chi connectivity index (χ3v) is 7.52. The van der Waals surface area contributed by atoms with Crippen molar-refractivity contribution in [2.24, 2.45) is 0 Å². The van der Waals surface area contributed by atoms with E-state index in [1.807, 2.05) is 61.5 Å². The number of aliphatic hydroxyl groups is 2. The molecule has 3 atom stereocenters. The van der Waals surface area contributed by atoms with Crippen LogP contribution in [0.4, 0.5) is 4.79 Å². The SMILES string of the molecule is CCNC(=O)NCc1ccccc1-c1ccc([C@@H]2O[C@H](CSCCO)C[C@H](c3ccc(CO)cc3)O2)cc1. The van der Waals surface area contributed by atoms with Crippen molar-refractivity contribution < 1.29 is 24.5 Å². The van der Waals surface area contributed by atoms with Gasteiger partial charge in [0.1, 0.15) is 0 Å². The molecule has 4 N–H and O–H groups in total. The van der Waals surface area contributed by atoms with E-state index in [4.69, 9.17) is 9.47 Å². The summed E-state index contributed by atoms with van der Waals surface area (Å²) >= 11 is 1.67. The Morgan fingerprint density at radius 1 is 0.947 bits per heavy atom. The summed E-state index contributed by atoms with van der Waals surface area (Å²) in [5.74, 6) is 1.44. The first kappa shape index (κ1) is 28.1. The molecule has 0 saturated carbocycles. The third kappa shape index (κ3) is 7.58. The van der Waals surface area contributed by atoms with Gasteiger partial charge in [-0.15, -0.1) is 0 Å². The van der Waals surface area contributed by atoms with Crippen LogP contribution in [0.3, 0.4) is 0 Å². The number of benzene rings is 3. The number of hydrogen-bond donors (Lipinski definition) is 4. The first-order chi connectivity index (χ1) is 18.6. The molecule has 0 spiro atoms. The molecule has 0 unspecified atom stereocenters. The maximum Gasteiger partial charge on any atom is 0.315 e. The van der Waals surface area contributed by atoms with E-state index in [-0.39, 0.29) is 31.5 Å². The van der Waals surface area contributed by atoms with Gasteiger partial charge in [-0.2, -0.15) is 11.8 Å². The third-order valence-electron chi connectivity index (χ3n) is 6.44. The molecule has 8 heteroatoms. The van der Waals surface area contributed by atoms with Gasteiger partial charge in [0.05, 0.1) is 25.4 Å². The number of aliphatic hydroxyl groups excluding tert-OH is 2. The summed E-state index contributed by atoms with van der Waals surface area (Å²) in [4.78, 5) is 11.9. The van der Waals surface area contributed by atoms with Gasteiger partial charge in [0.15, 0.2) is 6.29 Å². The van der Waals surface area contributed by atoms with Crippen LogP contribution in [0.25, 0.3) is 11.1 Å². The Morgan fingerprint density at radius 2 is 1.68 bits per heavy atom. The molecule has 3 aromatic carbocycles. The minimum Gasteiger partial charge on any atom is -0.396 e. The smallest absolute Gasteiger partial charge is 0.315 e. The molecule has 3 aromatic rings. The van der Waals surface area contributed by atoms with Gasteiger partial charge in [-0.05, 0) is 34.7 Å². The van der Waals surface area contributed by atoms with Crippen LogP contribution in [0.2, 0.25) is 0 Å². The van der Waals surface area contributed by atoms with E-state index >= 15 is 0 Å². The first-order valence-corrected chi connectivity index (χ1v) is 14.2. The monoisotopic (exact) mass is 536 g/mol. The van der Waals surface area contributed by atoms with Crippen molar-refractivity contribution >= 4 is 17.8 Å². The summed E-state index contributed by atoms with van der Waals surface area (Å²) in [5, 5.41) is 24.3. The minimum absolute atomic E-state index is 0.00937. The molecule has 0 radical (unpaired) electrons. The fourth-order valence-corrected chi connectivity index (χ4v) is 5.25. The second-order valence-electron chi connectivity index (χ2n) is 9.14. The normalized spacial score (nSPS) is 19.2. The van der Waals surface area contributed by atoms with E-state index in [2.05, 4.69) is 28.8 Å². The van der Waals surface area contributed by atoms with Gasteiger partial charge in [0, 0.05) is 36.6 Å². The molecule has 0 aromatic heterocycles. The van der Waals surface area contributed by atoms with Gasteiger partial charge in [0.2, 0.25) is 0 Å². The van der Waals surface area contributed by atoms with Crippen molar-refractivity contribution in [1.29, 1.82) is 0 Å². The second-order valence-corrected chi connectivity index (χ2v) is 10.3. The number of carbonyl (C=O) groups excluding carboxylic acids is 1. The molecule has 38 heavy (non-hydrogen) atoms. The molecule has 202 valence electrons. The van der Waals surface area contributed by atoms with Crippen molar-refractivity contribution in [2.45, 2.75) is 45.0 Å². The number of carbonyl (C=O) groups is 1. The fourth-order valence-electron chi connectivity index (χ4n) is 4.48. The second kappa shape index (κ2) is 14.3. The maximum absolute atomic E-state index is 11.9. The van der Waals surface area contributed by atoms with Crippen LogP contribution in [0, 0.1) is 0 Å². The van der Waals surface area contributed by atoms with Gasteiger partial charge < -0.3 is 30.3 Å². The maximum atomic E-state index is 11.9. The number of urea groups is 1. The number of nitrogens with one attached hydrogen (secondary N) is 2. The highest BCUT2D eigenvalue weighted by Crippen LogP contribution is 2.39. The van der Waals surface area contributed by atoms with Crippen LogP contribution < -0.4 is 10.6 Å². The topological polar surface area (TPSA) is 100 Å². The standard InChI is InChI=1S/C30H36N2O5S/c1-2-31-30(35)32-18-25-5-3-4-6-27(25)22-11-13-24(14-12-22)29-36-26(20-38-16-15-33)17-28(37-29)23-9-7-21(19-34)8-10-23/h3-14,26,28-29,33-34H,2,15-20H2,1H3,(H2,31,32,35)/t26-,28+,29+/m0/s1. The molecule has 4 rings (SSSR count). The average Bonchev–Trinajstić information content (AvgIpc) is 2.96. The van der Waals surface area contributed by atoms with Gasteiger partial charge >= 0.3 is 6.03 Å². The van der Waals surface area contributed by atoms with E-state index in [9.17, 15) is 15.0 Å². The fraction of sp³-hybridized carbons (Fsp3) is 0.367. The molecular weight excluding hydrogens is 500 g/mol. The number of thioether (sulfide) groups is 1. The molecule has 1 saturated heterocycles. The summed E-state index contributed by atoms with van der Waals surface area (Å²) in [6.45, 7) is 3.05. The minimum atomic E-state index is -0.519. The summed E-state index contributed by atoms with van der Waals surface area (Å²) in [6, 6.07) is 23.9. The van der Waals surface area contributed by atoms with Crippen LogP contribution in [0.5, 0.6) is 0 Å². The molecule has 2 amide bonds. The summed E-state index contributed by atoms with van der Waals surface area (Å²) in [5.41, 5.74) is 5.98. The van der Waals surface area contributed by atoms with E-state index in [1.54, 1.807) is 11.8 Å². The Kier molecular flexibility index (Phi) is 10.6. The lowest BCUT2D eigenvalue weighted by Gasteiger charge is -2.36. The lowest BCUT2D eigenvalue weighted by atomic mass is 9.98. The Bertz CT molecular complexity index is 1160. The van der Waals surface area contributed by atoms with Crippen LogP contribution in [0.1, 0.15) is 48.0 Å². The molecule has 1 aliphatic rings. The number of hydrogen-bond acceptors (Lipinski definition) is 6. The van der Waals surface area contributed by atoms with Crippen molar-refractivity contribution in [3.8, 4) is 11.1 Å². The van der Waals surface area contributed by atoms with Crippen LogP contribution >= 0.6 is 11.8 Å². The largest absolute Gasteiger partial charge is 0.396 e. The summed E-state index contributed by atoms with van der Waals surface area (Å²) in [7, 11) is 0. The number of rotatable bonds is 11. The predicted molar refractivity (Wildman–Crippen MR) is 151 cm³/mol. The molecule has 1 fully saturated rings. The average molecular weight is 537 g/mol. The Hall–Kier alpha value is -2.88. The van der Waals surface area contributed by atoms with Crippen molar-refractivity contribution in [3.63, 3.8) is 0 Å². The van der Waals surface area contributed by atoms with E-state index in [0.717, 1.165) is 45.6 Å². The van der Waals surface area contributed by atoms with Crippen molar-refractivity contribution in [3.05, 3.63) is 95.1 Å². The molecule has 7 nitrogen and oxygen atoms in total. The van der Waals surface area contributed by atoms with Crippen molar-refractivity contribution in [1.82, 2.24) is 10.6 Å². The van der Waals surface area contributed by atoms with Gasteiger partial charge in [-0.1, -0.05) is 72.8 Å². The summed E-state index contributed by atoms with van der Waals surface area (Å²) < 4.78 is 12.8. The molecule has 1 aliphatic heterocycles. The zero-order valence-corrected chi connectivity index (χ0v) is 22.5. The lowest BCUT2D eigenvalue weighted by molar-refractivity contribution is -0.245. The molecule has 0 bridgehead atoms. The quantitative estimate of drug-likeness (QED) is 0.259. The highest BCUT2D eigenvalue weighted by atomic mass is 32.2.